The second-order valence-corrected chi connectivity index (χ2v) is 6.42. The van der Waals surface area contributed by atoms with Crippen LogP contribution in [0.3, 0.4) is 0 Å². The van der Waals surface area contributed by atoms with Crippen molar-refractivity contribution in [2.75, 3.05) is 5.73 Å². The lowest BCUT2D eigenvalue weighted by Crippen LogP contribution is -1.95. The fourth-order valence-corrected chi connectivity index (χ4v) is 3.58. The first-order valence-electron chi connectivity index (χ1n) is 5.93. The van der Waals surface area contributed by atoms with Crippen molar-refractivity contribution in [3.05, 3.63) is 46.8 Å². The quantitative estimate of drug-likeness (QED) is 0.587. The predicted octanol–water partition coefficient (Wildman–Crippen LogP) is 3.87. The summed E-state index contributed by atoms with van der Waals surface area (Å²) in [5.74, 6) is 1.43. The van der Waals surface area contributed by atoms with Crippen LogP contribution < -0.4 is 5.73 Å². The van der Waals surface area contributed by atoms with Crippen LogP contribution in [0.4, 0.5) is 5.82 Å². The fourth-order valence-electron chi connectivity index (χ4n) is 1.83. The van der Waals surface area contributed by atoms with Gasteiger partial charge in [0.15, 0.2) is 5.16 Å². The molecule has 0 saturated heterocycles. The van der Waals surface area contributed by atoms with Gasteiger partial charge in [-0.2, -0.15) is 0 Å². The van der Waals surface area contributed by atoms with Crippen LogP contribution in [0.2, 0.25) is 0 Å². The number of rotatable bonds is 3. The van der Waals surface area contributed by atoms with Gasteiger partial charge in [-0.15, -0.1) is 11.3 Å². The zero-order valence-electron chi connectivity index (χ0n) is 10.5. The van der Waals surface area contributed by atoms with E-state index in [0.717, 1.165) is 21.1 Å². The fraction of sp³-hybridized carbons (Fsp3) is 0.143. The third-order valence-electron chi connectivity index (χ3n) is 2.74. The van der Waals surface area contributed by atoms with E-state index in [0.29, 0.717) is 5.82 Å². The summed E-state index contributed by atoms with van der Waals surface area (Å²) in [4.78, 5) is 11.1. The highest BCUT2D eigenvalue weighted by Crippen LogP contribution is 2.30. The molecular formula is C14H13N3S2. The normalized spacial score (nSPS) is 11.0. The molecular weight excluding hydrogens is 274 g/mol. The average Bonchev–Trinajstić information content (AvgIpc) is 2.79. The van der Waals surface area contributed by atoms with Crippen LogP contribution in [0.25, 0.3) is 10.2 Å². The minimum absolute atomic E-state index is 0.574. The van der Waals surface area contributed by atoms with Gasteiger partial charge in [0, 0.05) is 10.6 Å². The Bertz CT molecular complexity index is 707. The van der Waals surface area contributed by atoms with Gasteiger partial charge >= 0.3 is 0 Å². The summed E-state index contributed by atoms with van der Waals surface area (Å²) < 4.78 is 0. The molecule has 0 radical (unpaired) electrons. The van der Waals surface area contributed by atoms with Crippen molar-refractivity contribution in [2.45, 2.75) is 17.8 Å². The number of benzene rings is 1. The van der Waals surface area contributed by atoms with E-state index in [4.69, 9.17) is 5.73 Å². The molecule has 1 aromatic carbocycles. The number of thioether (sulfide) groups is 1. The van der Waals surface area contributed by atoms with Crippen LogP contribution in [0.15, 0.2) is 41.6 Å². The summed E-state index contributed by atoms with van der Waals surface area (Å²) in [6, 6.07) is 12.3. The molecule has 0 spiro atoms. The molecule has 0 atom stereocenters. The Labute approximate surface area is 119 Å². The maximum absolute atomic E-state index is 5.98. The average molecular weight is 287 g/mol. The molecule has 2 N–H and O–H groups in total. The van der Waals surface area contributed by atoms with Gasteiger partial charge < -0.3 is 5.73 Å². The molecule has 0 amide bonds. The summed E-state index contributed by atoms with van der Waals surface area (Å²) >= 11 is 3.27. The second kappa shape index (κ2) is 5.19. The number of hydrogen-bond acceptors (Lipinski definition) is 5. The zero-order valence-corrected chi connectivity index (χ0v) is 12.1. The van der Waals surface area contributed by atoms with Gasteiger partial charge in [-0.05, 0) is 18.6 Å². The third kappa shape index (κ3) is 2.72. The molecule has 0 unspecified atom stereocenters. The Kier molecular flexibility index (Phi) is 3.40. The van der Waals surface area contributed by atoms with Crippen LogP contribution in [-0.4, -0.2) is 9.97 Å². The minimum atomic E-state index is 0.574. The summed E-state index contributed by atoms with van der Waals surface area (Å²) in [5, 5.41) is 1.71. The van der Waals surface area contributed by atoms with Gasteiger partial charge in [0.1, 0.15) is 10.6 Å². The molecule has 0 fully saturated rings. The van der Waals surface area contributed by atoms with Gasteiger partial charge in [0.05, 0.1) is 5.39 Å². The van der Waals surface area contributed by atoms with Crippen LogP contribution in [0.5, 0.6) is 0 Å². The van der Waals surface area contributed by atoms with Crippen molar-refractivity contribution >= 4 is 39.1 Å². The first-order valence-corrected chi connectivity index (χ1v) is 7.73. The first-order chi connectivity index (χ1) is 9.22. The Morgan fingerprint density at radius 2 is 2.00 bits per heavy atom. The molecule has 96 valence electrons. The van der Waals surface area contributed by atoms with Gasteiger partial charge in [0.25, 0.3) is 0 Å². The zero-order chi connectivity index (χ0) is 13.2. The Morgan fingerprint density at radius 1 is 1.21 bits per heavy atom. The molecule has 19 heavy (non-hydrogen) atoms. The van der Waals surface area contributed by atoms with Gasteiger partial charge in [-0.3, -0.25) is 0 Å². The second-order valence-electron chi connectivity index (χ2n) is 4.24. The van der Waals surface area contributed by atoms with Gasteiger partial charge in [0.2, 0.25) is 0 Å². The van der Waals surface area contributed by atoms with Crippen molar-refractivity contribution in [1.29, 1.82) is 0 Å². The lowest BCUT2D eigenvalue weighted by molar-refractivity contribution is 1.02. The van der Waals surface area contributed by atoms with Crippen LogP contribution in [0.1, 0.15) is 10.4 Å². The van der Waals surface area contributed by atoms with Crippen LogP contribution >= 0.6 is 23.1 Å². The lowest BCUT2D eigenvalue weighted by atomic mass is 10.2. The molecule has 2 aromatic heterocycles. The molecule has 2 heterocycles. The predicted molar refractivity (Wildman–Crippen MR) is 82.6 cm³/mol. The molecule has 0 aliphatic carbocycles. The number of nitrogen functional groups attached to an aromatic ring is 1. The van der Waals surface area contributed by atoms with Crippen molar-refractivity contribution < 1.29 is 0 Å². The molecule has 3 aromatic rings. The highest BCUT2D eigenvalue weighted by Gasteiger charge is 2.08. The summed E-state index contributed by atoms with van der Waals surface area (Å²) in [6.45, 7) is 2.06. The highest BCUT2D eigenvalue weighted by molar-refractivity contribution is 7.98. The number of aromatic nitrogens is 2. The SMILES string of the molecule is Cc1cc2c(N)nc(SCc3ccccc3)nc2s1. The van der Waals surface area contributed by atoms with E-state index >= 15 is 0 Å². The maximum Gasteiger partial charge on any atom is 0.191 e. The number of nitrogens with two attached hydrogens (primary N) is 1. The molecule has 0 saturated carbocycles. The third-order valence-corrected chi connectivity index (χ3v) is 4.60. The Balaban J connectivity index is 1.85. The number of fused-ring (bicyclic) bond motifs is 1. The summed E-state index contributed by atoms with van der Waals surface area (Å²) in [5.41, 5.74) is 7.24. The van der Waals surface area contributed by atoms with Gasteiger partial charge in [-0.1, -0.05) is 42.1 Å². The molecule has 3 nitrogen and oxygen atoms in total. The van der Waals surface area contributed by atoms with E-state index in [9.17, 15) is 0 Å². The topological polar surface area (TPSA) is 51.8 Å². The van der Waals surface area contributed by atoms with Crippen molar-refractivity contribution in [3.8, 4) is 0 Å². The number of hydrogen-bond donors (Lipinski definition) is 1. The van der Waals surface area contributed by atoms with Crippen LogP contribution in [-0.2, 0) is 5.75 Å². The lowest BCUT2D eigenvalue weighted by Gasteiger charge is -2.02. The first kappa shape index (κ1) is 12.4. The van der Waals surface area contributed by atoms with E-state index in [2.05, 4.69) is 29.0 Å². The Hall–Kier alpha value is -1.59. The highest BCUT2D eigenvalue weighted by atomic mass is 32.2. The molecule has 0 aliphatic heterocycles. The Morgan fingerprint density at radius 3 is 2.79 bits per heavy atom. The maximum atomic E-state index is 5.98. The van der Waals surface area contributed by atoms with Gasteiger partial charge in [-0.25, -0.2) is 9.97 Å². The molecule has 0 aliphatic rings. The number of thiophene rings is 1. The van der Waals surface area contributed by atoms with Crippen LogP contribution in [0, 0.1) is 6.92 Å². The van der Waals surface area contributed by atoms with E-state index in [1.165, 1.54) is 10.4 Å². The summed E-state index contributed by atoms with van der Waals surface area (Å²) in [6.07, 6.45) is 0. The molecule has 5 heteroatoms. The van der Waals surface area contributed by atoms with Crippen molar-refractivity contribution in [2.24, 2.45) is 0 Å². The monoisotopic (exact) mass is 287 g/mol. The van der Waals surface area contributed by atoms with E-state index < -0.39 is 0 Å². The van der Waals surface area contributed by atoms with Crippen molar-refractivity contribution in [3.63, 3.8) is 0 Å². The van der Waals surface area contributed by atoms with E-state index in [-0.39, 0.29) is 0 Å². The largest absolute Gasteiger partial charge is 0.383 e. The molecule has 0 bridgehead atoms. The minimum Gasteiger partial charge on any atom is -0.383 e. The summed E-state index contributed by atoms with van der Waals surface area (Å²) in [7, 11) is 0. The number of aryl methyl sites for hydroxylation is 1. The number of nitrogens with zero attached hydrogens (tertiary/aromatic N) is 2. The van der Waals surface area contributed by atoms with E-state index in [1.54, 1.807) is 23.1 Å². The standard InChI is InChI=1S/C14H13N3S2/c1-9-7-11-12(15)16-14(17-13(11)19-9)18-8-10-5-3-2-4-6-10/h2-7H,8H2,1H3,(H2,15,16,17). The smallest absolute Gasteiger partial charge is 0.191 e. The number of anilines is 1. The molecule has 3 rings (SSSR count). The van der Waals surface area contributed by atoms with Crippen molar-refractivity contribution in [1.82, 2.24) is 9.97 Å². The van der Waals surface area contributed by atoms with E-state index in [1.807, 2.05) is 24.3 Å².